The number of nitriles is 3. The Bertz CT molecular complexity index is 4190. The van der Waals surface area contributed by atoms with Gasteiger partial charge in [-0.3, -0.25) is 0 Å². The number of hydrogen-bond donors (Lipinski definition) is 0. The lowest BCUT2D eigenvalue weighted by atomic mass is 9.95. The minimum atomic E-state index is 0.425. The number of fused-ring (bicyclic) bond motifs is 6. The Morgan fingerprint density at radius 2 is 0.635 bits per heavy atom. The first-order valence-electron chi connectivity index (χ1n) is 24.2. The second kappa shape index (κ2) is 17.9. The van der Waals surface area contributed by atoms with E-state index in [0.717, 1.165) is 105 Å². The van der Waals surface area contributed by atoms with Crippen LogP contribution in [0.1, 0.15) is 16.7 Å². The highest BCUT2D eigenvalue weighted by atomic mass is 15.0. The molecule has 0 saturated carbocycles. The van der Waals surface area contributed by atoms with Gasteiger partial charge in [0, 0.05) is 49.6 Å². The maximum Gasteiger partial charge on any atom is 0.164 e. The number of aromatic nitrogens is 5. The molecule has 8 heteroatoms. The second-order valence-corrected chi connectivity index (χ2v) is 18.1. The molecule has 0 bridgehead atoms. The third kappa shape index (κ3) is 7.33. The fourth-order valence-electron chi connectivity index (χ4n) is 10.5. The van der Waals surface area contributed by atoms with Crippen LogP contribution in [0, 0.1) is 34.0 Å². The van der Waals surface area contributed by atoms with Crippen molar-refractivity contribution in [1.29, 1.82) is 15.8 Å². The lowest BCUT2D eigenvalue weighted by molar-refractivity contribution is 1.07. The summed E-state index contributed by atoms with van der Waals surface area (Å²) in [6.45, 7) is 0. The zero-order chi connectivity index (χ0) is 49.7. The van der Waals surface area contributed by atoms with Gasteiger partial charge in [-0.25, -0.2) is 15.0 Å². The number of nitrogens with zero attached hydrogens (tertiary/aromatic N) is 8. The third-order valence-corrected chi connectivity index (χ3v) is 13.9. The molecular formula is C66H38N8. The molecule has 0 aliphatic carbocycles. The van der Waals surface area contributed by atoms with Gasteiger partial charge in [-0.1, -0.05) is 133 Å². The average molecular weight is 943 g/mol. The fraction of sp³-hybridized carbons (Fsp3) is 0. The van der Waals surface area contributed by atoms with Crippen LogP contribution in [-0.2, 0) is 0 Å². The van der Waals surface area contributed by atoms with Crippen LogP contribution in [0.25, 0.3) is 123 Å². The quantitative estimate of drug-likeness (QED) is 0.150. The molecule has 0 fully saturated rings. The van der Waals surface area contributed by atoms with Crippen LogP contribution in [0.3, 0.4) is 0 Å². The van der Waals surface area contributed by atoms with Gasteiger partial charge < -0.3 is 9.13 Å². The predicted molar refractivity (Wildman–Crippen MR) is 295 cm³/mol. The van der Waals surface area contributed by atoms with Gasteiger partial charge in [-0.05, 0) is 130 Å². The Labute approximate surface area is 425 Å². The highest BCUT2D eigenvalue weighted by Gasteiger charge is 2.23. The Hall–Kier alpha value is -10.7. The van der Waals surface area contributed by atoms with Crippen molar-refractivity contribution in [2.24, 2.45) is 0 Å². The van der Waals surface area contributed by atoms with Crippen LogP contribution >= 0.6 is 0 Å². The van der Waals surface area contributed by atoms with E-state index in [1.807, 2.05) is 97.1 Å². The van der Waals surface area contributed by atoms with E-state index < -0.39 is 0 Å². The molecule has 13 rings (SSSR count). The lowest BCUT2D eigenvalue weighted by Gasteiger charge is -2.18. The smallest absolute Gasteiger partial charge is 0.164 e. The van der Waals surface area contributed by atoms with Crippen molar-refractivity contribution in [1.82, 2.24) is 24.1 Å². The van der Waals surface area contributed by atoms with Crippen LogP contribution in [0.15, 0.2) is 231 Å². The molecule has 10 aromatic carbocycles. The molecule has 0 N–H and O–H groups in total. The van der Waals surface area contributed by atoms with Crippen molar-refractivity contribution in [3.8, 4) is 97.1 Å². The van der Waals surface area contributed by atoms with Gasteiger partial charge in [0.1, 0.15) is 0 Å². The van der Waals surface area contributed by atoms with Crippen LogP contribution in [0.2, 0.25) is 0 Å². The summed E-state index contributed by atoms with van der Waals surface area (Å²) < 4.78 is 4.56. The molecule has 0 amide bonds. The Morgan fingerprint density at radius 1 is 0.270 bits per heavy atom. The number of para-hydroxylation sites is 4. The standard InChI is InChI=1S/C66H38N8/c67-39-42-27-29-45(30-28-42)50-17-1-2-22-55(50)64-70-65(56-33-31-48(37-58(56)46-15-11-13-43(35-46)40-68)73-60-23-7-3-18-51(60)52-19-4-8-24-61(52)73)72-66(71-64)57-34-32-49(38-59(57)47-16-12-14-44(36-47)41-69)74-62-25-9-5-20-53(62)54-21-6-10-26-63(54)74/h1-38H. The van der Waals surface area contributed by atoms with Crippen LogP contribution in [0.5, 0.6) is 0 Å². The summed E-state index contributed by atoms with van der Waals surface area (Å²) in [5.74, 6) is 1.29. The molecule has 8 nitrogen and oxygen atoms in total. The summed E-state index contributed by atoms with van der Waals surface area (Å²) in [5.41, 5.74) is 15.1. The second-order valence-electron chi connectivity index (χ2n) is 18.1. The Balaban J connectivity index is 1.09. The minimum Gasteiger partial charge on any atom is -0.309 e. The van der Waals surface area contributed by atoms with E-state index >= 15 is 0 Å². The molecule has 74 heavy (non-hydrogen) atoms. The average Bonchev–Trinajstić information content (AvgIpc) is 4.03. The maximum absolute atomic E-state index is 10.2. The lowest BCUT2D eigenvalue weighted by Crippen LogP contribution is -2.04. The largest absolute Gasteiger partial charge is 0.309 e. The van der Waals surface area contributed by atoms with Gasteiger partial charge in [-0.15, -0.1) is 0 Å². The minimum absolute atomic E-state index is 0.425. The van der Waals surface area contributed by atoms with E-state index in [-0.39, 0.29) is 0 Å². The molecule has 0 unspecified atom stereocenters. The van der Waals surface area contributed by atoms with Gasteiger partial charge in [0.15, 0.2) is 17.5 Å². The van der Waals surface area contributed by atoms with E-state index in [1.165, 1.54) is 0 Å². The normalized spacial score (nSPS) is 11.2. The predicted octanol–water partition coefficient (Wildman–Crippen LogP) is 15.7. The zero-order valence-corrected chi connectivity index (χ0v) is 39.5. The van der Waals surface area contributed by atoms with Crippen molar-refractivity contribution < 1.29 is 0 Å². The maximum atomic E-state index is 10.2. The van der Waals surface area contributed by atoms with Crippen LogP contribution < -0.4 is 0 Å². The summed E-state index contributed by atoms with van der Waals surface area (Å²) in [7, 11) is 0. The fourth-order valence-corrected chi connectivity index (χ4v) is 10.5. The molecule has 0 saturated heterocycles. The molecule has 0 aliphatic heterocycles. The van der Waals surface area contributed by atoms with E-state index in [9.17, 15) is 15.8 Å². The summed E-state index contributed by atoms with van der Waals surface area (Å²) in [5, 5.41) is 34.7. The highest BCUT2D eigenvalue weighted by Crippen LogP contribution is 2.42. The van der Waals surface area contributed by atoms with Gasteiger partial charge in [0.25, 0.3) is 0 Å². The van der Waals surface area contributed by atoms with Crippen molar-refractivity contribution in [2.45, 2.75) is 0 Å². The van der Waals surface area contributed by atoms with Gasteiger partial charge >= 0.3 is 0 Å². The Morgan fingerprint density at radius 3 is 1.04 bits per heavy atom. The topological polar surface area (TPSA) is 120 Å². The van der Waals surface area contributed by atoms with Crippen LogP contribution in [-0.4, -0.2) is 24.1 Å². The first kappa shape index (κ1) is 43.3. The van der Waals surface area contributed by atoms with Gasteiger partial charge in [0.2, 0.25) is 0 Å². The SMILES string of the molecule is N#Cc1ccc(-c2ccccc2-c2nc(-c3ccc(-n4c5ccccc5c5ccccc54)cc3-c3cccc(C#N)c3)nc(-c3ccc(-n4c5ccccc5c5ccccc54)cc3-c3cccc(C#N)c3)n2)cc1. The monoisotopic (exact) mass is 942 g/mol. The molecule has 3 aromatic heterocycles. The first-order chi connectivity index (χ1) is 36.5. The van der Waals surface area contributed by atoms with Crippen molar-refractivity contribution in [3.05, 3.63) is 247 Å². The number of benzene rings is 10. The summed E-state index contributed by atoms with van der Waals surface area (Å²) in [4.78, 5) is 16.3. The first-order valence-corrected chi connectivity index (χ1v) is 24.2. The molecule has 0 radical (unpaired) electrons. The van der Waals surface area contributed by atoms with Crippen LogP contribution in [0.4, 0.5) is 0 Å². The zero-order valence-electron chi connectivity index (χ0n) is 39.5. The van der Waals surface area contributed by atoms with Crippen molar-refractivity contribution >= 4 is 43.6 Å². The summed E-state index contributed by atoms with van der Waals surface area (Å²) >= 11 is 0. The van der Waals surface area contributed by atoms with E-state index in [4.69, 9.17) is 15.0 Å². The molecule has 0 aliphatic rings. The Kier molecular flexibility index (Phi) is 10.5. The molecule has 342 valence electrons. The van der Waals surface area contributed by atoms with Crippen molar-refractivity contribution in [2.75, 3.05) is 0 Å². The molecule has 3 heterocycles. The molecule has 13 aromatic rings. The number of hydrogen-bond acceptors (Lipinski definition) is 6. The van der Waals surface area contributed by atoms with E-state index in [0.29, 0.717) is 34.2 Å². The van der Waals surface area contributed by atoms with Gasteiger partial charge in [0.05, 0.1) is 57.0 Å². The highest BCUT2D eigenvalue weighted by molar-refractivity contribution is 6.10. The van der Waals surface area contributed by atoms with Gasteiger partial charge in [-0.2, -0.15) is 15.8 Å². The molecular weight excluding hydrogens is 905 g/mol. The molecule has 0 spiro atoms. The third-order valence-electron chi connectivity index (χ3n) is 13.9. The molecule has 0 atom stereocenters. The number of rotatable bonds is 8. The summed E-state index contributed by atoms with van der Waals surface area (Å²) in [6.07, 6.45) is 0. The summed E-state index contributed by atoms with van der Waals surface area (Å²) in [6, 6.07) is 84.2. The van der Waals surface area contributed by atoms with E-state index in [2.05, 4.69) is 161 Å². The van der Waals surface area contributed by atoms with Crippen molar-refractivity contribution in [3.63, 3.8) is 0 Å². The van der Waals surface area contributed by atoms with E-state index in [1.54, 1.807) is 0 Å².